The summed E-state index contributed by atoms with van der Waals surface area (Å²) < 4.78 is 6.52. The minimum absolute atomic E-state index is 0.0264. The summed E-state index contributed by atoms with van der Waals surface area (Å²) in [6, 6.07) is 8.93. The topological polar surface area (TPSA) is 52.4 Å². The fraction of sp³-hybridized carbons (Fsp3) is 0. The summed E-state index contributed by atoms with van der Waals surface area (Å²) in [4.78, 5) is 10.2. The van der Waals surface area contributed by atoms with Gasteiger partial charge in [-0.15, -0.1) is 0 Å². The Balaban J connectivity index is 2.23. The monoisotopic (exact) mass is 347 g/mol. The van der Waals surface area contributed by atoms with E-state index in [0.717, 1.165) is 14.9 Å². The third-order valence-corrected chi connectivity index (χ3v) is 3.38. The zero-order valence-corrected chi connectivity index (χ0v) is 10.9. The maximum absolute atomic E-state index is 10.7. The van der Waals surface area contributed by atoms with E-state index < -0.39 is 4.92 Å². The zero-order chi connectivity index (χ0) is 11.5. The smallest absolute Gasteiger partial charge is 0.366 e. The molecule has 1 aromatic carbocycles. The summed E-state index contributed by atoms with van der Waals surface area (Å²) in [5, 5.41) is 12.3. The lowest BCUT2D eigenvalue weighted by Gasteiger charge is -2.02. The molecule has 16 heavy (non-hydrogen) atoms. The molecule has 0 N–H and O–H groups in total. The third-order valence-electron chi connectivity index (χ3n) is 1.82. The van der Waals surface area contributed by atoms with Gasteiger partial charge < -0.3 is 4.74 Å². The van der Waals surface area contributed by atoms with Gasteiger partial charge >= 0.3 is 5.00 Å². The molecule has 1 aromatic heterocycles. The van der Waals surface area contributed by atoms with Crippen LogP contribution in [-0.2, 0) is 0 Å². The van der Waals surface area contributed by atoms with Crippen molar-refractivity contribution in [2.75, 3.05) is 0 Å². The first-order chi connectivity index (χ1) is 7.66. The quantitative estimate of drug-likeness (QED) is 0.478. The molecule has 0 aliphatic rings. The van der Waals surface area contributed by atoms with Crippen molar-refractivity contribution in [1.29, 1.82) is 0 Å². The summed E-state index contributed by atoms with van der Waals surface area (Å²) in [5.74, 6) is 0.887. The van der Waals surface area contributed by atoms with Crippen molar-refractivity contribution in [3.05, 3.63) is 49.4 Å². The van der Waals surface area contributed by atoms with Crippen LogP contribution in [0.3, 0.4) is 0 Å². The molecule has 0 spiro atoms. The van der Waals surface area contributed by atoms with Crippen molar-refractivity contribution in [2.24, 2.45) is 0 Å². The lowest BCUT2D eigenvalue weighted by atomic mass is 10.3. The number of thiophene rings is 1. The number of nitro groups is 1. The molecule has 0 saturated heterocycles. The Morgan fingerprint density at radius 1 is 1.25 bits per heavy atom. The highest BCUT2D eigenvalue weighted by molar-refractivity contribution is 14.1. The Labute approximate surface area is 109 Å². The van der Waals surface area contributed by atoms with E-state index in [9.17, 15) is 10.1 Å². The van der Waals surface area contributed by atoms with Crippen molar-refractivity contribution in [2.45, 2.75) is 0 Å². The lowest BCUT2D eigenvalue weighted by Crippen LogP contribution is -1.88. The van der Waals surface area contributed by atoms with Gasteiger partial charge in [-0.25, -0.2) is 0 Å². The molecule has 0 aliphatic heterocycles. The van der Waals surface area contributed by atoms with Gasteiger partial charge in [-0.2, -0.15) is 0 Å². The predicted octanol–water partition coefficient (Wildman–Crippen LogP) is 4.05. The first-order valence-corrected chi connectivity index (χ1v) is 6.28. The minimum Gasteiger partial charge on any atom is -0.449 e. The summed E-state index contributed by atoms with van der Waals surface area (Å²) in [5.41, 5.74) is 0. The molecule has 0 bridgehead atoms. The molecule has 82 valence electrons. The molecule has 0 radical (unpaired) electrons. The molecular weight excluding hydrogens is 341 g/mol. The van der Waals surface area contributed by atoms with Gasteiger partial charge in [0.1, 0.15) is 5.75 Å². The van der Waals surface area contributed by atoms with Crippen LogP contribution in [0.15, 0.2) is 35.7 Å². The molecule has 2 aromatic rings. The van der Waals surface area contributed by atoms with Gasteiger partial charge in [0.05, 0.1) is 4.92 Å². The average Bonchev–Trinajstić information content (AvgIpc) is 2.69. The van der Waals surface area contributed by atoms with Gasteiger partial charge in [-0.05, 0) is 52.9 Å². The van der Waals surface area contributed by atoms with Crippen LogP contribution in [0.4, 0.5) is 5.00 Å². The van der Waals surface area contributed by atoms with Crippen molar-refractivity contribution >= 4 is 38.9 Å². The van der Waals surface area contributed by atoms with Crippen molar-refractivity contribution in [1.82, 2.24) is 0 Å². The highest BCUT2D eigenvalue weighted by Gasteiger charge is 2.17. The number of hydrogen-bond donors (Lipinski definition) is 0. The third kappa shape index (κ3) is 2.50. The van der Waals surface area contributed by atoms with E-state index in [0.29, 0.717) is 5.75 Å². The first-order valence-electron chi connectivity index (χ1n) is 4.32. The minimum atomic E-state index is -0.438. The normalized spacial score (nSPS) is 10.1. The van der Waals surface area contributed by atoms with E-state index in [1.54, 1.807) is 23.6 Å². The van der Waals surface area contributed by atoms with Gasteiger partial charge in [-0.1, -0.05) is 11.3 Å². The highest BCUT2D eigenvalue weighted by Crippen LogP contribution is 2.36. The van der Waals surface area contributed by atoms with Crippen molar-refractivity contribution < 1.29 is 9.66 Å². The van der Waals surface area contributed by atoms with E-state index >= 15 is 0 Å². The molecule has 1 heterocycles. The lowest BCUT2D eigenvalue weighted by molar-refractivity contribution is -0.380. The van der Waals surface area contributed by atoms with Crippen LogP contribution in [0, 0.1) is 13.7 Å². The van der Waals surface area contributed by atoms with Crippen LogP contribution < -0.4 is 4.74 Å². The van der Waals surface area contributed by atoms with E-state index in [2.05, 4.69) is 22.6 Å². The molecule has 0 aliphatic carbocycles. The zero-order valence-electron chi connectivity index (χ0n) is 7.92. The molecule has 2 rings (SSSR count). The second-order valence-corrected chi connectivity index (χ2v) is 5.04. The van der Waals surface area contributed by atoms with Crippen LogP contribution in [0.25, 0.3) is 0 Å². The Morgan fingerprint density at radius 2 is 1.94 bits per heavy atom. The number of nitrogens with zero attached hydrogens (tertiary/aromatic N) is 1. The number of benzene rings is 1. The summed E-state index contributed by atoms with van der Waals surface area (Å²) >= 11 is 3.24. The van der Waals surface area contributed by atoms with Crippen LogP contribution in [0.5, 0.6) is 11.5 Å². The number of ether oxygens (including phenoxy) is 1. The fourth-order valence-electron chi connectivity index (χ4n) is 1.13. The van der Waals surface area contributed by atoms with Gasteiger partial charge in [0, 0.05) is 8.95 Å². The largest absolute Gasteiger partial charge is 0.449 e. The standard InChI is InChI=1S/C10H6INO3S/c11-7-1-3-8(4-2-7)15-9-5-6-16-10(9)12(13)14/h1-6H. The molecule has 4 nitrogen and oxygen atoms in total. The van der Waals surface area contributed by atoms with Crippen LogP contribution >= 0.6 is 33.9 Å². The number of rotatable bonds is 3. The molecule has 0 saturated carbocycles. The first kappa shape index (κ1) is 11.3. The van der Waals surface area contributed by atoms with Gasteiger partial charge in [0.15, 0.2) is 0 Å². The van der Waals surface area contributed by atoms with Gasteiger partial charge in [0.25, 0.3) is 0 Å². The van der Waals surface area contributed by atoms with Crippen molar-refractivity contribution in [3.8, 4) is 11.5 Å². The summed E-state index contributed by atoms with van der Waals surface area (Å²) in [6.07, 6.45) is 0. The molecule has 0 unspecified atom stereocenters. The van der Waals surface area contributed by atoms with E-state index in [-0.39, 0.29) is 10.8 Å². The number of hydrogen-bond acceptors (Lipinski definition) is 4. The number of halogens is 1. The Kier molecular flexibility index (Phi) is 3.39. The second kappa shape index (κ2) is 4.79. The average molecular weight is 347 g/mol. The maximum Gasteiger partial charge on any atom is 0.366 e. The van der Waals surface area contributed by atoms with E-state index in [4.69, 9.17) is 4.74 Å². The predicted molar refractivity (Wildman–Crippen MR) is 70.2 cm³/mol. The summed E-state index contributed by atoms with van der Waals surface area (Å²) in [7, 11) is 0. The Hall–Kier alpha value is -1.15. The fourth-order valence-corrected chi connectivity index (χ4v) is 2.12. The molecule has 0 atom stereocenters. The van der Waals surface area contributed by atoms with Gasteiger partial charge in [-0.3, -0.25) is 10.1 Å². The van der Waals surface area contributed by atoms with E-state index in [1.807, 2.05) is 12.1 Å². The Bertz CT molecular complexity index is 509. The SMILES string of the molecule is O=[N+]([O-])c1sccc1Oc1ccc(I)cc1. The summed E-state index contributed by atoms with van der Waals surface area (Å²) in [6.45, 7) is 0. The highest BCUT2D eigenvalue weighted by atomic mass is 127. The molecular formula is C10H6INO3S. The molecule has 6 heteroatoms. The molecule has 0 amide bonds. The van der Waals surface area contributed by atoms with E-state index in [1.165, 1.54) is 0 Å². The second-order valence-electron chi connectivity index (χ2n) is 2.90. The van der Waals surface area contributed by atoms with Crippen LogP contribution in [0.1, 0.15) is 0 Å². The molecule has 0 fully saturated rings. The van der Waals surface area contributed by atoms with Crippen LogP contribution in [0.2, 0.25) is 0 Å². The van der Waals surface area contributed by atoms with Crippen LogP contribution in [-0.4, -0.2) is 4.92 Å². The Morgan fingerprint density at radius 3 is 2.56 bits per heavy atom. The van der Waals surface area contributed by atoms with Crippen molar-refractivity contribution in [3.63, 3.8) is 0 Å². The maximum atomic E-state index is 10.7. The van der Waals surface area contributed by atoms with Gasteiger partial charge in [0.2, 0.25) is 5.75 Å².